The quantitative estimate of drug-likeness (QED) is 0.717. The van der Waals surface area contributed by atoms with E-state index in [1.54, 1.807) is 0 Å². The topological polar surface area (TPSA) is 86.6 Å². The zero-order valence-electron chi connectivity index (χ0n) is 9.18. The second kappa shape index (κ2) is 5.94. The van der Waals surface area contributed by atoms with E-state index in [0.717, 1.165) is 0 Å². The Hall–Kier alpha value is -2.19. The van der Waals surface area contributed by atoms with Crippen molar-refractivity contribution in [3.05, 3.63) is 28.8 Å². The van der Waals surface area contributed by atoms with E-state index in [1.165, 1.54) is 18.2 Å². The lowest BCUT2D eigenvalue weighted by atomic mass is 10.1. The summed E-state index contributed by atoms with van der Waals surface area (Å²) in [6.07, 6.45) is 4.89. The molecule has 3 N–H and O–H groups in total. The van der Waals surface area contributed by atoms with Crippen molar-refractivity contribution < 1.29 is 19.8 Å². The van der Waals surface area contributed by atoms with E-state index in [4.69, 9.17) is 23.1 Å². The van der Waals surface area contributed by atoms with Crippen LogP contribution in [-0.4, -0.2) is 28.1 Å². The Labute approximate surface area is 108 Å². The number of amides is 1. The third-order valence-corrected chi connectivity index (χ3v) is 2.44. The van der Waals surface area contributed by atoms with Gasteiger partial charge in [0, 0.05) is 12.0 Å². The van der Waals surface area contributed by atoms with Crippen molar-refractivity contribution in [3.8, 4) is 18.1 Å². The summed E-state index contributed by atoms with van der Waals surface area (Å²) in [5, 5.41) is 20.3. The van der Waals surface area contributed by atoms with E-state index in [1.807, 2.05) is 0 Å². The molecular weight excluding hydrogens is 258 g/mol. The van der Waals surface area contributed by atoms with E-state index in [0.29, 0.717) is 0 Å². The van der Waals surface area contributed by atoms with Gasteiger partial charge in [0.25, 0.3) is 5.91 Å². The van der Waals surface area contributed by atoms with Crippen LogP contribution in [0.25, 0.3) is 0 Å². The highest BCUT2D eigenvalue weighted by atomic mass is 35.5. The Kier molecular flexibility index (Phi) is 4.58. The molecule has 0 radical (unpaired) electrons. The second-order valence-electron chi connectivity index (χ2n) is 3.44. The molecule has 1 aromatic carbocycles. The summed E-state index contributed by atoms with van der Waals surface area (Å²) in [5.41, 5.74) is 0.140. The zero-order chi connectivity index (χ0) is 13.7. The number of carbonyl (C=O) groups excluding carboxylic acids is 1. The number of phenolic OH excluding ortho intramolecular Hbond substituents is 1. The summed E-state index contributed by atoms with van der Waals surface area (Å²) in [5.74, 6) is 0.162. The molecule has 94 valence electrons. The maximum atomic E-state index is 11.7. The maximum absolute atomic E-state index is 11.7. The minimum atomic E-state index is -1.22. The average Bonchev–Trinajstić information content (AvgIpc) is 2.31. The van der Waals surface area contributed by atoms with Gasteiger partial charge in [-0.2, -0.15) is 0 Å². The van der Waals surface area contributed by atoms with E-state index in [2.05, 4.69) is 11.2 Å². The lowest BCUT2D eigenvalue weighted by Gasteiger charge is -2.12. The number of phenols is 1. The number of aliphatic carboxylic acids is 1. The van der Waals surface area contributed by atoms with Crippen LogP contribution in [0.5, 0.6) is 5.75 Å². The van der Waals surface area contributed by atoms with Crippen molar-refractivity contribution in [1.29, 1.82) is 0 Å². The number of aromatic hydroxyl groups is 1. The molecule has 18 heavy (non-hydrogen) atoms. The van der Waals surface area contributed by atoms with Gasteiger partial charge in [0.05, 0.1) is 5.02 Å². The molecule has 0 spiro atoms. The monoisotopic (exact) mass is 267 g/mol. The molecular formula is C12H10ClNO4. The highest BCUT2D eigenvalue weighted by Gasteiger charge is 2.19. The van der Waals surface area contributed by atoms with Crippen molar-refractivity contribution in [2.24, 2.45) is 0 Å². The van der Waals surface area contributed by atoms with Gasteiger partial charge in [0.2, 0.25) is 0 Å². The summed E-state index contributed by atoms with van der Waals surface area (Å²) < 4.78 is 0. The predicted molar refractivity (Wildman–Crippen MR) is 65.5 cm³/mol. The minimum absolute atomic E-state index is 0.00600. The molecule has 0 aliphatic rings. The number of hydrogen-bond donors (Lipinski definition) is 3. The predicted octanol–water partition coefficient (Wildman–Crippen LogP) is 1.25. The van der Waals surface area contributed by atoms with Crippen LogP contribution in [0, 0.1) is 12.3 Å². The highest BCUT2D eigenvalue weighted by molar-refractivity contribution is 6.32. The molecule has 1 atom stereocenters. The molecule has 0 heterocycles. The molecule has 1 rings (SSSR count). The fourth-order valence-electron chi connectivity index (χ4n) is 1.21. The van der Waals surface area contributed by atoms with Gasteiger partial charge in [-0.05, 0) is 18.2 Å². The molecule has 0 fully saturated rings. The fraction of sp³-hybridized carbons (Fsp3) is 0.167. The number of benzene rings is 1. The van der Waals surface area contributed by atoms with Crippen molar-refractivity contribution >= 4 is 23.5 Å². The molecule has 1 unspecified atom stereocenters. The van der Waals surface area contributed by atoms with Gasteiger partial charge >= 0.3 is 5.97 Å². The molecule has 5 nitrogen and oxygen atoms in total. The largest absolute Gasteiger partial charge is 0.506 e. The van der Waals surface area contributed by atoms with Crippen LogP contribution in [0.3, 0.4) is 0 Å². The van der Waals surface area contributed by atoms with Gasteiger partial charge in [-0.25, -0.2) is 4.79 Å². The number of carbonyl (C=O) groups is 2. The Morgan fingerprint density at radius 2 is 2.17 bits per heavy atom. The Morgan fingerprint density at radius 3 is 2.67 bits per heavy atom. The highest BCUT2D eigenvalue weighted by Crippen LogP contribution is 2.23. The van der Waals surface area contributed by atoms with Crippen LogP contribution in [0.15, 0.2) is 18.2 Å². The minimum Gasteiger partial charge on any atom is -0.506 e. The van der Waals surface area contributed by atoms with Crippen molar-refractivity contribution in [1.82, 2.24) is 5.32 Å². The normalized spacial score (nSPS) is 11.3. The first-order chi connectivity index (χ1) is 8.45. The summed E-state index contributed by atoms with van der Waals surface area (Å²) >= 11 is 5.64. The number of carboxylic acid groups (broad SMARTS) is 1. The summed E-state index contributed by atoms with van der Waals surface area (Å²) in [7, 11) is 0. The molecule has 0 aliphatic heterocycles. The zero-order valence-corrected chi connectivity index (χ0v) is 9.94. The lowest BCUT2D eigenvalue weighted by Crippen LogP contribution is -2.40. The van der Waals surface area contributed by atoms with Crippen LogP contribution < -0.4 is 5.32 Å². The van der Waals surface area contributed by atoms with Gasteiger partial charge in [0.1, 0.15) is 11.8 Å². The lowest BCUT2D eigenvalue weighted by molar-refractivity contribution is -0.139. The summed E-state index contributed by atoms with van der Waals surface area (Å²) in [6, 6.07) is 2.65. The average molecular weight is 268 g/mol. The second-order valence-corrected chi connectivity index (χ2v) is 3.85. The van der Waals surface area contributed by atoms with E-state index >= 15 is 0 Å². The van der Waals surface area contributed by atoms with Gasteiger partial charge in [-0.15, -0.1) is 12.3 Å². The molecule has 6 heteroatoms. The molecule has 0 aromatic heterocycles. The van der Waals surface area contributed by atoms with Crippen LogP contribution >= 0.6 is 11.6 Å². The number of rotatable bonds is 4. The van der Waals surface area contributed by atoms with E-state index < -0.39 is 17.9 Å². The molecule has 0 saturated carbocycles. The van der Waals surface area contributed by atoms with E-state index in [-0.39, 0.29) is 22.8 Å². The Balaban J connectivity index is 2.84. The summed E-state index contributed by atoms with van der Waals surface area (Å²) in [4.78, 5) is 22.5. The Bertz CT molecular complexity index is 521. The maximum Gasteiger partial charge on any atom is 0.327 e. The van der Waals surface area contributed by atoms with Gasteiger partial charge in [-0.3, -0.25) is 4.79 Å². The standard InChI is InChI=1S/C12H10ClNO4/c1-2-3-9(12(17)18)14-11(16)7-4-5-10(15)8(13)6-7/h1,4-6,9,15H,3H2,(H,14,16)(H,17,18). The SMILES string of the molecule is C#CCC(NC(=O)c1ccc(O)c(Cl)c1)C(=O)O. The van der Waals surface area contributed by atoms with Crippen LogP contribution in [-0.2, 0) is 4.79 Å². The fourth-order valence-corrected chi connectivity index (χ4v) is 1.39. The molecule has 0 bridgehead atoms. The summed E-state index contributed by atoms with van der Waals surface area (Å²) in [6.45, 7) is 0. The van der Waals surface area contributed by atoms with Crippen molar-refractivity contribution in [3.63, 3.8) is 0 Å². The number of halogens is 1. The third-order valence-electron chi connectivity index (χ3n) is 2.14. The third kappa shape index (κ3) is 3.40. The Morgan fingerprint density at radius 1 is 1.50 bits per heavy atom. The van der Waals surface area contributed by atoms with Gasteiger partial charge < -0.3 is 15.5 Å². The first kappa shape index (κ1) is 13.9. The molecule has 0 saturated heterocycles. The number of terminal acetylenes is 1. The van der Waals surface area contributed by atoms with Crippen LogP contribution in [0.1, 0.15) is 16.8 Å². The first-order valence-electron chi connectivity index (χ1n) is 4.91. The van der Waals surface area contributed by atoms with Crippen LogP contribution in [0.4, 0.5) is 0 Å². The molecule has 1 amide bonds. The molecule has 0 aliphatic carbocycles. The number of nitrogens with one attached hydrogen (secondary N) is 1. The molecule has 1 aromatic rings. The van der Waals surface area contributed by atoms with Crippen molar-refractivity contribution in [2.45, 2.75) is 12.5 Å². The van der Waals surface area contributed by atoms with Gasteiger partial charge in [0.15, 0.2) is 0 Å². The van der Waals surface area contributed by atoms with Gasteiger partial charge in [-0.1, -0.05) is 11.6 Å². The smallest absolute Gasteiger partial charge is 0.327 e. The first-order valence-corrected chi connectivity index (χ1v) is 5.29. The van der Waals surface area contributed by atoms with Crippen molar-refractivity contribution in [2.75, 3.05) is 0 Å². The number of hydrogen-bond acceptors (Lipinski definition) is 3. The number of carboxylic acids is 1. The van der Waals surface area contributed by atoms with Crippen LogP contribution in [0.2, 0.25) is 5.02 Å². The van der Waals surface area contributed by atoms with E-state index in [9.17, 15) is 14.7 Å².